The van der Waals surface area contributed by atoms with Crippen LogP contribution in [0, 0.1) is 11.3 Å². The van der Waals surface area contributed by atoms with Crippen LogP contribution in [0.5, 0.6) is 0 Å². The van der Waals surface area contributed by atoms with Gasteiger partial charge in [0.2, 0.25) is 0 Å². The highest BCUT2D eigenvalue weighted by molar-refractivity contribution is 5.86. The van der Waals surface area contributed by atoms with Gasteiger partial charge in [0.25, 0.3) is 0 Å². The molecule has 0 saturated heterocycles. The normalized spacial score (nSPS) is 30.9. The lowest BCUT2D eigenvalue weighted by Gasteiger charge is -2.42. The van der Waals surface area contributed by atoms with E-state index in [1.165, 1.54) is 0 Å². The summed E-state index contributed by atoms with van der Waals surface area (Å²) in [6.45, 7) is 11.5. The van der Waals surface area contributed by atoms with Crippen LogP contribution >= 0.6 is 0 Å². The van der Waals surface area contributed by atoms with Crippen LogP contribution in [-0.4, -0.2) is 39.3 Å². The molecule has 2 aliphatic rings. The Balaban J connectivity index is 2.40. The Morgan fingerprint density at radius 2 is 1.77 bits per heavy atom. The Bertz CT molecular complexity index is 476. The Morgan fingerprint density at radius 3 is 2.09 bits per heavy atom. The van der Waals surface area contributed by atoms with Gasteiger partial charge in [-0.1, -0.05) is 20.8 Å². The third-order valence-corrected chi connectivity index (χ3v) is 4.72. The topological polar surface area (TPSA) is 66.8 Å². The zero-order valence-electron chi connectivity index (χ0n) is 14.6. The molecule has 2 saturated carbocycles. The van der Waals surface area contributed by atoms with Crippen LogP contribution in [0.2, 0.25) is 0 Å². The van der Waals surface area contributed by atoms with Gasteiger partial charge >= 0.3 is 12.1 Å². The summed E-state index contributed by atoms with van der Waals surface area (Å²) in [6, 6.07) is 0.00213. The first-order valence-corrected chi connectivity index (χ1v) is 8.15. The van der Waals surface area contributed by atoms with E-state index in [0.29, 0.717) is 6.42 Å². The summed E-state index contributed by atoms with van der Waals surface area (Å²) < 4.78 is 5.53. The minimum Gasteiger partial charge on any atom is -0.479 e. The lowest BCUT2D eigenvalue weighted by Crippen LogP contribution is -2.60. The van der Waals surface area contributed by atoms with E-state index >= 15 is 0 Å². The monoisotopic (exact) mass is 311 g/mol. The molecule has 0 heterocycles. The van der Waals surface area contributed by atoms with E-state index in [1.807, 2.05) is 27.7 Å². The van der Waals surface area contributed by atoms with E-state index in [-0.39, 0.29) is 17.4 Å². The first-order chi connectivity index (χ1) is 9.89. The molecule has 2 fully saturated rings. The van der Waals surface area contributed by atoms with Crippen LogP contribution in [0.3, 0.4) is 0 Å². The van der Waals surface area contributed by atoms with Gasteiger partial charge in [-0.3, -0.25) is 4.90 Å². The van der Waals surface area contributed by atoms with Crippen molar-refractivity contribution in [1.82, 2.24) is 4.90 Å². The van der Waals surface area contributed by atoms with E-state index in [2.05, 4.69) is 13.8 Å². The highest BCUT2D eigenvalue weighted by Crippen LogP contribution is 2.53. The highest BCUT2D eigenvalue weighted by Gasteiger charge is 2.62. The van der Waals surface area contributed by atoms with Gasteiger partial charge in [0.05, 0.1) is 0 Å². The SMILES string of the molecule is CC1CC(C)(C)CC1(C(=O)O)N(C(=O)OC(C)(C)C)C1CC1. The Hall–Kier alpha value is -1.26. The number of carboxylic acids is 1. The van der Waals surface area contributed by atoms with Gasteiger partial charge in [-0.25, -0.2) is 9.59 Å². The molecule has 0 aromatic carbocycles. The first-order valence-electron chi connectivity index (χ1n) is 8.15. The predicted octanol–water partition coefficient (Wildman–Crippen LogP) is 3.67. The molecule has 22 heavy (non-hydrogen) atoms. The molecule has 0 spiro atoms. The van der Waals surface area contributed by atoms with Crippen molar-refractivity contribution >= 4 is 12.1 Å². The van der Waals surface area contributed by atoms with Gasteiger partial charge in [-0.15, -0.1) is 0 Å². The number of hydrogen-bond acceptors (Lipinski definition) is 3. The molecule has 5 nitrogen and oxygen atoms in total. The highest BCUT2D eigenvalue weighted by atomic mass is 16.6. The van der Waals surface area contributed by atoms with Crippen LogP contribution < -0.4 is 0 Å². The minimum absolute atomic E-state index is 0.00213. The van der Waals surface area contributed by atoms with Crippen molar-refractivity contribution in [3.8, 4) is 0 Å². The van der Waals surface area contributed by atoms with Crippen LogP contribution in [0.15, 0.2) is 0 Å². The summed E-state index contributed by atoms with van der Waals surface area (Å²) in [6.07, 6.45) is 2.52. The average molecular weight is 311 g/mol. The molecular weight excluding hydrogens is 282 g/mol. The summed E-state index contributed by atoms with van der Waals surface area (Å²) in [5.74, 6) is -0.989. The second-order valence-electron chi connectivity index (χ2n) is 8.76. The maximum atomic E-state index is 12.7. The molecule has 1 N–H and O–H groups in total. The predicted molar refractivity (Wildman–Crippen MR) is 83.6 cm³/mol. The van der Waals surface area contributed by atoms with E-state index in [1.54, 1.807) is 4.90 Å². The zero-order valence-corrected chi connectivity index (χ0v) is 14.6. The zero-order chi connectivity index (χ0) is 16.9. The molecule has 0 aromatic heterocycles. The third-order valence-electron chi connectivity index (χ3n) is 4.72. The summed E-state index contributed by atoms with van der Waals surface area (Å²) in [4.78, 5) is 26.5. The molecule has 2 aliphatic carbocycles. The summed E-state index contributed by atoms with van der Waals surface area (Å²) in [7, 11) is 0. The van der Waals surface area contributed by atoms with Gasteiger partial charge in [0, 0.05) is 6.04 Å². The molecule has 0 aliphatic heterocycles. The van der Waals surface area contributed by atoms with Crippen molar-refractivity contribution in [2.24, 2.45) is 11.3 Å². The largest absolute Gasteiger partial charge is 0.479 e. The van der Waals surface area contributed by atoms with E-state index in [4.69, 9.17) is 4.74 Å². The number of carboxylic acid groups (broad SMARTS) is 1. The van der Waals surface area contributed by atoms with Crippen molar-refractivity contribution in [2.45, 2.75) is 84.4 Å². The second kappa shape index (κ2) is 5.14. The number of aliphatic carboxylic acids is 1. The molecule has 0 radical (unpaired) electrons. The van der Waals surface area contributed by atoms with Crippen LogP contribution in [0.1, 0.15) is 67.2 Å². The summed E-state index contributed by atoms with van der Waals surface area (Å²) in [5.41, 5.74) is -1.86. The van der Waals surface area contributed by atoms with Crippen LogP contribution in [0.4, 0.5) is 4.79 Å². The lowest BCUT2D eigenvalue weighted by atomic mass is 9.84. The molecule has 0 aromatic rings. The quantitative estimate of drug-likeness (QED) is 0.863. The van der Waals surface area contributed by atoms with E-state index in [0.717, 1.165) is 19.3 Å². The Morgan fingerprint density at radius 1 is 1.23 bits per heavy atom. The van der Waals surface area contributed by atoms with Gasteiger partial charge < -0.3 is 9.84 Å². The fourth-order valence-electron chi connectivity index (χ4n) is 3.97. The van der Waals surface area contributed by atoms with Gasteiger partial charge in [0.1, 0.15) is 11.1 Å². The van der Waals surface area contributed by atoms with E-state index < -0.39 is 23.2 Å². The Labute approximate surface area is 133 Å². The number of hydrogen-bond donors (Lipinski definition) is 1. The molecule has 2 unspecified atom stereocenters. The lowest BCUT2D eigenvalue weighted by molar-refractivity contribution is -0.154. The van der Waals surface area contributed by atoms with Crippen LogP contribution in [-0.2, 0) is 9.53 Å². The maximum absolute atomic E-state index is 12.7. The number of nitrogens with zero attached hydrogens (tertiary/aromatic N) is 1. The molecule has 2 atom stereocenters. The average Bonchev–Trinajstić information content (AvgIpc) is 3.03. The molecular formula is C17H29NO4. The summed E-state index contributed by atoms with van der Waals surface area (Å²) >= 11 is 0. The molecule has 2 rings (SSSR count). The molecule has 1 amide bonds. The van der Waals surface area contributed by atoms with E-state index in [9.17, 15) is 14.7 Å². The summed E-state index contributed by atoms with van der Waals surface area (Å²) in [5, 5.41) is 10.0. The van der Waals surface area contributed by atoms with Crippen LogP contribution in [0.25, 0.3) is 0 Å². The number of rotatable bonds is 3. The standard InChI is InChI=1S/C17H29NO4/c1-11-9-16(5,6)10-17(11,13(19)20)18(12-7-8-12)14(21)22-15(2,3)4/h11-12H,7-10H2,1-6H3,(H,19,20). The van der Waals surface area contributed by atoms with Gasteiger partial charge in [0.15, 0.2) is 0 Å². The minimum atomic E-state index is -1.15. The second-order valence-corrected chi connectivity index (χ2v) is 8.76. The maximum Gasteiger partial charge on any atom is 0.411 e. The van der Waals surface area contributed by atoms with Gasteiger partial charge in [-0.2, -0.15) is 0 Å². The smallest absolute Gasteiger partial charge is 0.411 e. The molecule has 5 heteroatoms. The number of carbonyl (C=O) groups excluding carboxylic acids is 1. The molecule has 0 bridgehead atoms. The van der Waals surface area contributed by atoms with Crippen molar-refractivity contribution in [3.05, 3.63) is 0 Å². The van der Waals surface area contributed by atoms with Crippen molar-refractivity contribution in [1.29, 1.82) is 0 Å². The first kappa shape index (κ1) is 17.1. The fourth-order valence-corrected chi connectivity index (χ4v) is 3.97. The number of ether oxygens (including phenoxy) is 1. The van der Waals surface area contributed by atoms with Crippen molar-refractivity contribution in [2.75, 3.05) is 0 Å². The van der Waals surface area contributed by atoms with Crippen molar-refractivity contribution < 1.29 is 19.4 Å². The fraction of sp³-hybridized carbons (Fsp3) is 0.882. The van der Waals surface area contributed by atoms with Crippen molar-refractivity contribution in [3.63, 3.8) is 0 Å². The number of carbonyl (C=O) groups is 2. The Kier molecular flexibility index (Phi) is 3.99. The number of amides is 1. The third kappa shape index (κ3) is 3.08. The molecule has 126 valence electrons. The van der Waals surface area contributed by atoms with Gasteiger partial charge in [-0.05, 0) is 57.8 Å².